The number of rotatable bonds is 19. The van der Waals surface area contributed by atoms with E-state index in [-0.39, 0.29) is 30.9 Å². The first-order valence-electron chi connectivity index (χ1n) is 23.4. The average molecular weight is 1030 g/mol. The number of likely N-dealkylation sites (N-methyl/N-ethyl adjacent to an activating group) is 2. The summed E-state index contributed by atoms with van der Waals surface area (Å²) in [5.74, 6) is -1.97. The van der Waals surface area contributed by atoms with Crippen LogP contribution < -0.4 is 14.2 Å². The fourth-order valence-electron chi connectivity index (χ4n) is 9.27. The van der Waals surface area contributed by atoms with E-state index in [1.807, 2.05) is 70.1 Å². The van der Waals surface area contributed by atoms with E-state index in [1.54, 1.807) is 24.1 Å². The maximum absolute atomic E-state index is 14.7. The molecule has 2 N–H and O–H groups in total. The highest BCUT2D eigenvalue weighted by atomic mass is 35.5. The van der Waals surface area contributed by atoms with E-state index in [2.05, 4.69) is 17.0 Å². The van der Waals surface area contributed by atoms with E-state index in [0.717, 1.165) is 50.1 Å². The molecule has 18 nitrogen and oxygen atoms in total. The number of piperidine rings is 1. The van der Waals surface area contributed by atoms with Crippen molar-refractivity contribution in [2.24, 2.45) is 0 Å². The van der Waals surface area contributed by atoms with Crippen molar-refractivity contribution >= 4 is 58.8 Å². The normalized spacial score (nSPS) is 18.1. The van der Waals surface area contributed by atoms with Crippen LogP contribution in [0, 0.1) is 0 Å². The van der Waals surface area contributed by atoms with Gasteiger partial charge >= 0.3 is 17.9 Å². The Morgan fingerprint density at radius 3 is 1.86 bits per heavy atom. The molecular formula is C51H66Cl2N6O12. The maximum Gasteiger partial charge on any atom is 0.328 e. The number of methoxy groups -OCH3 is 3. The lowest BCUT2D eigenvalue weighted by Crippen LogP contribution is -2.58. The second-order valence-electron chi connectivity index (χ2n) is 18.2. The van der Waals surface area contributed by atoms with Gasteiger partial charge in [-0.05, 0) is 94.8 Å². The lowest BCUT2D eigenvalue weighted by atomic mass is 9.71. The third-order valence-corrected chi connectivity index (χ3v) is 14.2. The van der Waals surface area contributed by atoms with Crippen molar-refractivity contribution in [1.82, 2.24) is 29.4 Å². The summed E-state index contributed by atoms with van der Waals surface area (Å²) in [7, 11) is 10.2. The molecule has 3 aromatic carbocycles. The summed E-state index contributed by atoms with van der Waals surface area (Å²) in [5, 5.41) is 16.6. The van der Waals surface area contributed by atoms with Crippen LogP contribution in [0.25, 0.3) is 0 Å². The lowest BCUT2D eigenvalue weighted by Gasteiger charge is -2.46. The molecule has 0 aromatic heterocycles. The van der Waals surface area contributed by atoms with Gasteiger partial charge in [-0.2, -0.15) is 0 Å². The molecule has 6 rings (SSSR count). The Morgan fingerprint density at radius 2 is 1.31 bits per heavy atom. The SMILES string of the molecule is COc1cc(C(=O)N2CC[C@](CCN3CCC(C(=O)N4CCN(CC(=O)OCC(=O)N(C)CCN(C)C)CC4)(c4ccccc4)CC3)(c3ccc(Cl)c(Cl)c3)C2)cc(OC)c1OC.O=C(O)/C=C/C(=O)O. The number of aliphatic carboxylic acids is 2. The average Bonchev–Trinajstić information content (AvgIpc) is 3.82. The zero-order valence-electron chi connectivity index (χ0n) is 41.4. The Morgan fingerprint density at radius 1 is 0.690 bits per heavy atom. The van der Waals surface area contributed by atoms with E-state index in [9.17, 15) is 28.8 Å². The van der Waals surface area contributed by atoms with Crippen molar-refractivity contribution in [3.63, 3.8) is 0 Å². The molecule has 0 radical (unpaired) electrons. The van der Waals surface area contributed by atoms with Crippen molar-refractivity contribution in [2.45, 2.75) is 36.5 Å². The van der Waals surface area contributed by atoms with Crippen LogP contribution in [0.2, 0.25) is 10.0 Å². The molecule has 71 heavy (non-hydrogen) atoms. The summed E-state index contributed by atoms with van der Waals surface area (Å²) in [5.41, 5.74) is 1.42. The summed E-state index contributed by atoms with van der Waals surface area (Å²) >= 11 is 13.0. The van der Waals surface area contributed by atoms with E-state index < -0.39 is 28.7 Å². The fourth-order valence-corrected chi connectivity index (χ4v) is 9.56. The molecule has 0 unspecified atom stereocenters. The molecule has 3 aliphatic heterocycles. The highest BCUT2D eigenvalue weighted by Gasteiger charge is 2.47. The van der Waals surface area contributed by atoms with E-state index in [0.29, 0.717) is 104 Å². The molecule has 0 saturated carbocycles. The van der Waals surface area contributed by atoms with Crippen LogP contribution in [0.4, 0.5) is 0 Å². The summed E-state index contributed by atoms with van der Waals surface area (Å²) in [6, 6.07) is 19.3. The number of halogens is 2. The quantitative estimate of drug-likeness (QED) is 0.124. The van der Waals surface area contributed by atoms with Crippen LogP contribution in [-0.2, 0) is 39.5 Å². The molecule has 386 valence electrons. The Hall–Kier alpha value is -5.92. The number of esters is 1. The molecule has 3 aromatic rings. The van der Waals surface area contributed by atoms with Crippen molar-refractivity contribution < 1.29 is 57.9 Å². The second-order valence-corrected chi connectivity index (χ2v) is 19.0. The van der Waals surface area contributed by atoms with Crippen LogP contribution in [-0.4, -0.2) is 203 Å². The monoisotopic (exact) mass is 1020 g/mol. The first-order valence-corrected chi connectivity index (χ1v) is 24.1. The fraction of sp³-hybridized carbons (Fsp3) is 0.490. The third kappa shape index (κ3) is 14.8. The number of hydrogen-bond acceptors (Lipinski definition) is 13. The Bertz CT molecular complexity index is 2330. The van der Waals surface area contributed by atoms with Gasteiger partial charge in [0.05, 0.1) is 43.3 Å². The molecule has 20 heteroatoms. The van der Waals surface area contributed by atoms with Gasteiger partial charge in [0.25, 0.3) is 11.8 Å². The minimum Gasteiger partial charge on any atom is -0.493 e. The number of piperazine rings is 1. The third-order valence-electron chi connectivity index (χ3n) is 13.5. The van der Waals surface area contributed by atoms with Crippen molar-refractivity contribution in [3.05, 3.63) is 99.6 Å². The van der Waals surface area contributed by atoms with Crippen LogP contribution >= 0.6 is 23.2 Å². The van der Waals surface area contributed by atoms with Crippen LogP contribution in [0.15, 0.2) is 72.8 Å². The minimum absolute atomic E-state index is 0.0656. The highest BCUT2D eigenvalue weighted by molar-refractivity contribution is 6.42. The number of carbonyl (C=O) groups excluding carboxylic acids is 4. The van der Waals surface area contributed by atoms with Gasteiger partial charge < -0.3 is 53.7 Å². The summed E-state index contributed by atoms with van der Waals surface area (Å²) in [4.78, 5) is 84.9. The number of carbonyl (C=O) groups is 6. The van der Waals surface area contributed by atoms with Crippen LogP contribution in [0.5, 0.6) is 17.2 Å². The molecule has 3 aliphatic rings. The number of carboxylic acids is 2. The van der Waals surface area contributed by atoms with Gasteiger partial charge in [-0.3, -0.25) is 24.1 Å². The molecule has 3 heterocycles. The maximum atomic E-state index is 14.7. The largest absolute Gasteiger partial charge is 0.493 e. The molecular weight excluding hydrogens is 959 g/mol. The smallest absolute Gasteiger partial charge is 0.328 e. The van der Waals surface area contributed by atoms with Gasteiger partial charge in [0.2, 0.25) is 11.7 Å². The number of carboxylic acid groups (broad SMARTS) is 2. The van der Waals surface area contributed by atoms with E-state index in [1.165, 1.54) is 21.3 Å². The number of nitrogens with zero attached hydrogens (tertiary/aromatic N) is 6. The Kier molecular flexibility index (Phi) is 20.5. The summed E-state index contributed by atoms with van der Waals surface area (Å²) < 4.78 is 21.9. The van der Waals surface area contributed by atoms with Gasteiger partial charge in [-0.25, -0.2) is 9.59 Å². The van der Waals surface area contributed by atoms with Gasteiger partial charge in [0.1, 0.15) is 0 Å². The predicted octanol–water partition coefficient (Wildman–Crippen LogP) is 4.65. The van der Waals surface area contributed by atoms with E-state index >= 15 is 0 Å². The number of amides is 3. The van der Waals surface area contributed by atoms with E-state index in [4.69, 9.17) is 52.4 Å². The number of hydrogen-bond donors (Lipinski definition) is 2. The van der Waals surface area contributed by atoms with Crippen molar-refractivity contribution in [3.8, 4) is 17.2 Å². The summed E-state index contributed by atoms with van der Waals surface area (Å²) in [6.07, 6.45) is 3.93. The van der Waals surface area contributed by atoms with Crippen molar-refractivity contribution in [1.29, 1.82) is 0 Å². The summed E-state index contributed by atoms with van der Waals surface area (Å²) in [6.45, 7) is 6.33. The second kappa shape index (κ2) is 26.0. The van der Waals surface area contributed by atoms with Gasteiger partial charge in [0, 0.05) is 82.5 Å². The Balaban J connectivity index is 0.00000108. The standard InChI is InChI=1S/C47H62Cl2N6O8.C4H4O4/c1-50(2)22-23-51(3)41(56)32-63-42(57)31-53-24-26-54(27-25-53)45(59)47(35-10-8-7-9-11-35)16-19-52(20-17-47)18-14-46(36-12-13-37(48)38(49)30-36)15-21-55(33-46)44(58)34-28-39(60-4)43(62-6)40(29-34)61-5;5-3(6)1-2-4(7)8/h7-13,28-30H,14-27,31-33H2,1-6H3;1-2H,(H,5,6)(H,7,8)/b;2-1+/t46-;/m0./s1. The first-order chi connectivity index (χ1) is 33.8. The van der Waals surface area contributed by atoms with Gasteiger partial charge in [0.15, 0.2) is 18.1 Å². The molecule has 0 aliphatic carbocycles. The molecule has 3 amide bonds. The molecule has 3 saturated heterocycles. The Labute approximate surface area is 425 Å². The lowest BCUT2D eigenvalue weighted by molar-refractivity contribution is -0.153. The van der Waals surface area contributed by atoms with Gasteiger partial charge in [-0.1, -0.05) is 59.6 Å². The number of ether oxygens (including phenoxy) is 4. The zero-order chi connectivity index (χ0) is 51.9. The van der Waals surface area contributed by atoms with Crippen LogP contribution in [0.1, 0.15) is 47.2 Å². The molecule has 0 spiro atoms. The van der Waals surface area contributed by atoms with Gasteiger partial charge in [-0.15, -0.1) is 0 Å². The highest BCUT2D eigenvalue weighted by Crippen LogP contribution is 2.44. The number of benzene rings is 3. The van der Waals surface area contributed by atoms with Crippen molar-refractivity contribution in [2.75, 3.05) is 128 Å². The zero-order valence-corrected chi connectivity index (χ0v) is 42.9. The molecule has 0 bridgehead atoms. The first kappa shape index (κ1) is 56.0. The molecule has 1 atom stereocenters. The number of likely N-dealkylation sites (tertiary alicyclic amines) is 2. The van der Waals surface area contributed by atoms with Crippen LogP contribution in [0.3, 0.4) is 0 Å². The molecule has 3 fully saturated rings. The predicted molar refractivity (Wildman–Crippen MR) is 268 cm³/mol. The topological polar surface area (TPSA) is 199 Å². The minimum atomic E-state index is -1.26.